The SMILES string of the molecule is COc1ccc(Cn2nnc(-c3cccc(C(=O)Nc4cccc(C#Cc5nc(C6CCC6)cs5)c4)c3)n2)cc1. The quantitative estimate of drug-likeness (QED) is 0.260. The minimum absolute atomic E-state index is 0.234. The van der Waals surface area contributed by atoms with Crippen molar-refractivity contribution in [3.63, 3.8) is 0 Å². The zero-order chi connectivity index (χ0) is 27.3. The molecule has 1 aliphatic rings. The minimum Gasteiger partial charge on any atom is -0.497 e. The van der Waals surface area contributed by atoms with E-state index < -0.39 is 0 Å². The largest absolute Gasteiger partial charge is 0.497 e. The Hall–Kier alpha value is -4.81. The third-order valence-electron chi connectivity index (χ3n) is 6.80. The molecule has 1 saturated carbocycles. The van der Waals surface area contributed by atoms with E-state index in [9.17, 15) is 4.79 Å². The third-order valence-corrected chi connectivity index (χ3v) is 7.57. The number of nitrogens with zero attached hydrogens (tertiary/aromatic N) is 5. The van der Waals surface area contributed by atoms with E-state index in [1.165, 1.54) is 29.8 Å². The van der Waals surface area contributed by atoms with Crippen LogP contribution in [0.5, 0.6) is 5.75 Å². The standard InChI is InChI=1S/C31H26N6O2S/c1-39-27-14-11-22(12-15-27)19-37-35-30(34-36-37)24-8-4-9-25(18-24)31(38)32-26-10-2-5-21(17-26)13-16-29-33-28(20-40-29)23-6-3-7-23/h2,4-5,8-12,14-15,17-18,20,23H,3,6-7,19H2,1H3,(H,32,38). The summed E-state index contributed by atoms with van der Waals surface area (Å²) in [6.45, 7) is 0.473. The lowest BCUT2D eigenvalue weighted by atomic mass is 9.83. The van der Waals surface area contributed by atoms with Crippen molar-refractivity contribution >= 4 is 22.9 Å². The molecule has 0 spiro atoms. The van der Waals surface area contributed by atoms with Crippen LogP contribution in [-0.2, 0) is 6.54 Å². The smallest absolute Gasteiger partial charge is 0.255 e. The van der Waals surface area contributed by atoms with Crippen molar-refractivity contribution < 1.29 is 9.53 Å². The molecule has 1 fully saturated rings. The minimum atomic E-state index is -0.234. The van der Waals surface area contributed by atoms with Gasteiger partial charge < -0.3 is 10.1 Å². The summed E-state index contributed by atoms with van der Waals surface area (Å²) in [6.07, 6.45) is 3.74. The Labute approximate surface area is 236 Å². The molecule has 0 aliphatic heterocycles. The maximum atomic E-state index is 13.1. The van der Waals surface area contributed by atoms with Crippen molar-refractivity contribution in [1.29, 1.82) is 0 Å². The summed E-state index contributed by atoms with van der Waals surface area (Å²) in [6, 6.07) is 22.4. The average Bonchev–Trinajstić information content (AvgIpc) is 3.62. The Morgan fingerprint density at radius 3 is 2.73 bits per heavy atom. The Morgan fingerprint density at radius 1 is 1.07 bits per heavy atom. The Balaban J connectivity index is 1.11. The van der Waals surface area contributed by atoms with Gasteiger partial charge in [0.05, 0.1) is 19.3 Å². The summed E-state index contributed by atoms with van der Waals surface area (Å²) in [5.41, 5.74) is 4.86. The number of carbonyl (C=O) groups is 1. The van der Waals surface area contributed by atoms with Crippen LogP contribution in [0.25, 0.3) is 11.4 Å². The monoisotopic (exact) mass is 546 g/mol. The van der Waals surface area contributed by atoms with Crippen LogP contribution in [-0.4, -0.2) is 38.2 Å². The molecule has 0 radical (unpaired) electrons. The van der Waals surface area contributed by atoms with E-state index in [0.29, 0.717) is 35.1 Å². The first-order valence-electron chi connectivity index (χ1n) is 13.0. The second kappa shape index (κ2) is 11.5. The van der Waals surface area contributed by atoms with Crippen molar-refractivity contribution in [1.82, 2.24) is 25.2 Å². The summed E-state index contributed by atoms with van der Waals surface area (Å²) >= 11 is 1.59. The molecule has 0 atom stereocenters. The van der Waals surface area contributed by atoms with Crippen LogP contribution < -0.4 is 10.1 Å². The molecule has 2 heterocycles. The van der Waals surface area contributed by atoms with E-state index >= 15 is 0 Å². The molecule has 8 nitrogen and oxygen atoms in total. The van der Waals surface area contributed by atoms with Gasteiger partial charge in [-0.25, -0.2) is 4.98 Å². The summed E-state index contributed by atoms with van der Waals surface area (Å²) in [5, 5.41) is 18.7. The highest BCUT2D eigenvalue weighted by molar-refractivity contribution is 7.10. The molecule has 1 N–H and O–H groups in total. The molecule has 0 saturated heterocycles. The van der Waals surface area contributed by atoms with Gasteiger partial charge in [-0.2, -0.15) is 4.80 Å². The van der Waals surface area contributed by atoms with Gasteiger partial charge in [0.15, 0.2) is 5.01 Å². The summed E-state index contributed by atoms with van der Waals surface area (Å²) in [4.78, 5) is 19.3. The van der Waals surface area contributed by atoms with Gasteiger partial charge in [0.1, 0.15) is 5.75 Å². The highest BCUT2D eigenvalue weighted by Gasteiger charge is 2.21. The van der Waals surface area contributed by atoms with E-state index in [4.69, 9.17) is 4.74 Å². The van der Waals surface area contributed by atoms with Crippen molar-refractivity contribution in [3.05, 3.63) is 106 Å². The number of rotatable bonds is 7. The number of anilines is 1. The second-order valence-corrected chi connectivity index (χ2v) is 10.4. The molecule has 40 heavy (non-hydrogen) atoms. The number of methoxy groups -OCH3 is 1. The fourth-order valence-electron chi connectivity index (χ4n) is 4.36. The predicted octanol–water partition coefficient (Wildman–Crippen LogP) is 5.77. The molecule has 5 aromatic rings. The van der Waals surface area contributed by atoms with Crippen molar-refractivity contribution in [2.75, 3.05) is 12.4 Å². The molecule has 6 rings (SSSR count). The summed E-state index contributed by atoms with van der Waals surface area (Å²) < 4.78 is 5.20. The third kappa shape index (κ3) is 5.92. The van der Waals surface area contributed by atoms with Gasteiger partial charge in [0, 0.05) is 33.7 Å². The Bertz CT molecular complexity index is 1710. The van der Waals surface area contributed by atoms with Crippen LogP contribution in [0, 0.1) is 11.8 Å². The van der Waals surface area contributed by atoms with E-state index in [-0.39, 0.29) is 5.91 Å². The molecule has 1 aliphatic carbocycles. The van der Waals surface area contributed by atoms with Gasteiger partial charge in [0.25, 0.3) is 5.91 Å². The number of hydrogen-bond acceptors (Lipinski definition) is 7. The summed E-state index contributed by atoms with van der Waals surface area (Å²) in [5.74, 6) is 7.94. The number of nitrogens with one attached hydrogen (secondary N) is 1. The van der Waals surface area contributed by atoms with Crippen molar-refractivity contribution in [2.45, 2.75) is 31.7 Å². The number of ether oxygens (including phenoxy) is 1. The number of thiazole rings is 1. The van der Waals surface area contributed by atoms with Crippen LogP contribution >= 0.6 is 11.3 Å². The van der Waals surface area contributed by atoms with Gasteiger partial charge in [-0.15, -0.1) is 21.5 Å². The van der Waals surface area contributed by atoms with Crippen molar-refractivity contribution in [2.24, 2.45) is 0 Å². The van der Waals surface area contributed by atoms with Gasteiger partial charge in [-0.05, 0) is 72.0 Å². The number of amides is 1. The van der Waals surface area contributed by atoms with Gasteiger partial charge in [-0.3, -0.25) is 4.79 Å². The van der Waals surface area contributed by atoms with Gasteiger partial charge >= 0.3 is 0 Å². The molecule has 0 bridgehead atoms. The average molecular weight is 547 g/mol. The van der Waals surface area contributed by atoms with Crippen LogP contribution in [0.3, 0.4) is 0 Å². The molecule has 2 aromatic heterocycles. The Morgan fingerprint density at radius 2 is 1.93 bits per heavy atom. The highest BCUT2D eigenvalue weighted by atomic mass is 32.1. The first kappa shape index (κ1) is 25.5. The molecule has 3 aromatic carbocycles. The lowest BCUT2D eigenvalue weighted by molar-refractivity contribution is 0.102. The molecule has 0 unspecified atom stereocenters. The van der Waals surface area contributed by atoms with Gasteiger partial charge in [0.2, 0.25) is 5.82 Å². The normalized spacial score (nSPS) is 12.7. The van der Waals surface area contributed by atoms with E-state index in [1.54, 1.807) is 30.6 Å². The highest BCUT2D eigenvalue weighted by Crippen LogP contribution is 2.36. The first-order chi connectivity index (χ1) is 19.6. The predicted molar refractivity (Wildman–Crippen MR) is 154 cm³/mol. The van der Waals surface area contributed by atoms with Crippen LogP contribution in [0.15, 0.2) is 78.2 Å². The maximum absolute atomic E-state index is 13.1. The molecular weight excluding hydrogens is 520 g/mol. The number of aromatic nitrogens is 5. The number of carbonyl (C=O) groups excluding carboxylic acids is 1. The fraction of sp³-hybridized carbons (Fsp3) is 0.194. The molecule has 1 amide bonds. The van der Waals surface area contributed by atoms with E-state index in [1.807, 2.05) is 60.7 Å². The molecular formula is C31H26N6O2S. The first-order valence-corrected chi connectivity index (χ1v) is 13.9. The maximum Gasteiger partial charge on any atom is 0.255 e. The topological polar surface area (TPSA) is 94.8 Å². The zero-order valence-corrected chi connectivity index (χ0v) is 22.7. The summed E-state index contributed by atoms with van der Waals surface area (Å²) in [7, 11) is 1.63. The zero-order valence-electron chi connectivity index (χ0n) is 21.9. The van der Waals surface area contributed by atoms with E-state index in [0.717, 1.165) is 21.9 Å². The number of tetrazole rings is 1. The van der Waals surface area contributed by atoms with Crippen LogP contribution in [0.1, 0.15) is 57.4 Å². The Kier molecular flexibility index (Phi) is 7.33. The lowest BCUT2D eigenvalue weighted by Crippen LogP contribution is -2.12. The number of benzene rings is 3. The number of hydrogen-bond donors (Lipinski definition) is 1. The van der Waals surface area contributed by atoms with Gasteiger partial charge in [-0.1, -0.05) is 42.7 Å². The molecule has 198 valence electrons. The second-order valence-electron chi connectivity index (χ2n) is 9.56. The van der Waals surface area contributed by atoms with Crippen molar-refractivity contribution in [3.8, 4) is 29.0 Å². The van der Waals surface area contributed by atoms with E-state index in [2.05, 4.69) is 42.9 Å². The van der Waals surface area contributed by atoms with Crippen LogP contribution in [0.4, 0.5) is 5.69 Å². The van der Waals surface area contributed by atoms with Crippen LogP contribution in [0.2, 0.25) is 0 Å². The lowest BCUT2D eigenvalue weighted by Gasteiger charge is -2.22. The molecule has 9 heteroatoms. The fourth-order valence-corrected chi connectivity index (χ4v) is 5.10.